The van der Waals surface area contributed by atoms with Crippen molar-refractivity contribution in [3.63, 3.8) is 0 Å². The molecule has 0 aliphatic carbocycles. The molecule has 0 spiro atoms. The molecule has 1 aliphatic rings. The highest BCUT2D eigenvalue weighted by Crippen LogP contribution is 2.23. The van der Waals surface area contributed by atoms with Gasteiger partial charge in [0.1, 0.15) is 11.5 Å². The van der Waals surface area contributed by atoms with Crippen molar-refractivity contribution in [3.8, 4) is 11.5 Å². The predicted molar refractivity (Wildman–Crippen MR) is 74.8 cm³/mol. The molecule has 0 unspecified atom stereocenters. The van der Waals surface area contributed by atoms with Crippen LogP contribution in [-0.4, -0.2) is 33.9 Å². The number of methoxy groups -OCH3 is 2. The third kappa shape index (κ3) is 4.40. The fourth-order valence-corrected chi connectivity index (χ4v) is 2.36. The van der Waals surface area contributed by atoms with Gasteiger partial charge in [0.15, 0.2) is 0 Å². The molecular formula is C15H23NO3. The summed E-state index contributed by atoms with van der Waals surface area (Å²) in [4.78, 5) is 0. The molecule has 1 aromatic carbocycles. The molecule has 0 aromatic heterocycles. The lowest BCUT2D eigenvalue weighted by Gasteiger charge is -2.22. The Balaban J connectivity index is 1.84. The Bertz CT molecular complexity index is 367. The average Bonchev–Trinajstić information content (AvgIpc) is 2.48. The Labute approximate surface area is 115 Å². The molecule has 4 heteroatoms. The van der Waals surface area contributed by atoms with Crippen molar-refractivity contribution in [2.75, 3.05) is 33.9 Å². The molecular weight excluding hydrogens is 242 g/mol. The largest absolute Gasteiger partial charge is 0.497 e. The van der Waals surface area contributed by atoms with Crippen LogP contribution in [0.5, 0.6) is 11.5 Å². The Morgan fingerprint density at radius 1 is 1.16 bits per heavy atom. The van der Waals surface area contributed by atoms with Crippen LogP contribution >= 0.6 is 0 Å². The van der Waals surface area contributed by atoms with Crippen LogP contribution in [0.15, 0.2) is 18.2 Å². The van der Waals surface area contributed by atoms with Gasteiger partial charge in [0, 0.05) is 12.6 Å². The Morgan fingerprint density at radius 2 is 1.89 bits per heavy atom. The van der Waals surface area contributed by atoms with E-state index in [1.807, 2.05) is 18.2 Å². The first-order valence-corrected chi connectivity index (χ1v) is 6.82. The second-order valence-electron chi connectivity index (χ2n) is 4.95. The molecule has 1 N–H and O–H groups in total. The van der Waals surface area contributed by atoms with E-state index in [0.29, 0.717) is 12.5 Å². The zero-order chi connectivity index (χ0) is 13.5. The van der Waals surface area contributed by atoms with Crippen molar-refractivity contribution in [1.29, 1.82) is 0 Å². The zero-order valence-electron chi connectivity index (χ0n) is 11.8. The molecule has 0 radical (unpaired) electrons. The Hall–Kier alpha value is -1.26. The molecule has 2 rings (SSSR count). The van der Waals surface area contributed by atoms with Crippen LogP contribution in [0.2, 0.25) is 0 Å². The zero-order valence-corrected chi connectivity index (χ0v) is 11.8. The lowest BCUT2D eigenvalue weighted by atomic mass is 10.0. The molecule has 19 heavy (non-hydrogen) atoms. The average molecular weight is 265 g/mol. The van der Waals surface area contributed by atoms with Crippen LogP contribution < -0.4 is 14.8 Å². The normalized spacial score (nSPS) is 19.2. The smallest absolute Gasteiger partial charge is 0.122 e. The van der Waals surface area contributed by atoms with E-state index in [1.165, 1.54) is 12.8 Å². The molecule has 1 atom stereocenters. The molecule has 0 saturated carbocycles. The minimum atomic E-state index is 0.601. The molecule has 106 valence electrons. The summed E-state index contributed by atoms with van der Waals surface area (Å²) in [5, 5.41) is 3.40. The molecule has 0 amide bonds. The maximum atomic E-state index is 5.81. The van der Waals surface area contributed by atoms with E-state index >= 15 is 0 Å². The number of rotatable bonds is 6. The third-order valence-electron chi connectivity index (χ3n) is 3.43. The fourth-order valence-electron chi connectivity index (χ4n) is 2.36. The lowest BCUT2D eigenvalue weighted by Crippen LogP contribution is -2.32. The highest BCUT2D eigenvalue weighted by atomic mass is 16.5. The summed E-state index contributed by atoms with van der Waals surface area (Å²) in [6.07, 6.45) is 2.51. The maximum absolute atomic E-state index is 5.81. The van der Waals surface area contributed by atoms with Crippen LogP contribution in [0, 0.1) is 5.92 Å². The molecule has 1 heterocycles. The van der Waals surface area contributed by atoms with E-state index in [1.54, 1.807) is 14.2 Å². The molecule has 1 aromatic rings. The quantitative estimate of drug-likeness (QED) is 0.856. The van der Waals surface area contributed by atoms with Gasteiger partial charge in [-0.3, -0.25) is 0 Å². The van der Waals surface area contributed by atoms with Gasteiger partial charge in [0.25, 0.3) is 0 Å². The van der Waals surface area contributed by atoms with E-state index in [0.717, 1.165) is 36.8 Å². The van der Waals surface area contributed by atoms with E-state index in [2.05, 4.69) is 5.32 Å². The second-order valence-corrected chi connectivity index (χ2v) is 4.95. The van der Waals surface area contributed by atoms with Crippen molar-refractivity contribution in [2.24, 2.45) is 5.92 Å². The van der Waals surface area contributed by atoms with E-state index in [9.17, 15) is 0 Å². The minimum absolute atomic E-state index is 0.601. The van der Waals surface area contributed by atoms with E-state index < -0.39 is 0 Å². The van der Waals surface area contributed by atoms with Gasteiger partial charge in [-0.05, 0) is 43.0 Å². The van der Waals surface area contributed by atoms with Crippen molar-refractivity contribution in [1.82, 2.24) is 5.32 Å². The Morgan fingerprint density at radius 3 is 2.47 bits per heavy atom. The van der Waals surface area contributed by atoms with Crippen LogP contribution in [0.4, 0.5) is 0 Å². The SMILES string of the molecule is COc1cc(COC[C@H]2CCCNC2)cc(OC)c1. The molecule has 1 fully saturated rings. The lowest BCUT2D eigenvalue weighted by molar-refractivity contribution is 0.0781. The summed E-state index contributed by atoms with van der Waals surface area (Å²) in [6.45, 7) is 3.63. The first kappa shape index (κ1) is 14.2. The topological polar surface area (TPSA) is 39.7 Å². The number of piperidine rings is 1. The van der Waals surface area contributed by atoms with E-state index in [-0.39, 0.29) is 0 Å². The second kappa shape index (κ2) is 7.36. The maximum Gasteiger partial charge on any atom is 0.122 e. The molecule has 1 aliphatic heterocycles. The summed E-state index contributed by atoms with van der Waals surface area (Å²) < 4.78 is 16.3. The summed E-state index contributed by atoms with van der Waals surface area (Å²) >= 11 is 0. The summed E-state index contributed by atoms with van der Waals surface area (Å²) in [6, 6.07) is 5.85. The van der Waals surface area contributed by atoms with Crippen molar-refractivity contribution in [3.05, 3.63) is 23.8 Å². The third-order valence-corrected chi connectivity index (χ3v) is 3.43. The monoisotopic (exact) mass is 265 g/mol. The van der Waals surface area contributed by atoms with Crippen LogP contribution in [0.25, 0.3) is 0 Å². The number of benzene rings is 1. The summed E-state index contributed by atoms with van der Waals surface area (Å²) in [7, 11) is 3.32. The fraction of sp³-hybridized carbons (Fsp3) is 0.600. The molecule has 0 bridgehead atoms. The van der Waals surface area contributed by atoms with E-state index in [4.69, 9.17) is 14.2 Å². The summed E-state index contributed by atoms with van der Waals surface area (Å²) in [5.74, 6) is 2.25. The van der Waals surface area contributed by atoms with Crippen molar-refractivity contribution < 1.29 is 14.2 Å². The van der Waals surface area contributed by atoms with Crippen LogP contribution in [0.3, 0.4) is 0 Å². The first-order valence-electron chi connectivity index (χ1n) is 6.82. The number of hydrogen-bond donors (Lipinski definition) is 1. The molecule has 1 saturated heterocycles. The highest BCUT2D eigenvalue weighted by Gasteiger charge is 2.13. The predicted octanol–water partition coefficient (Wildman–Crippen LogP) is 2.22. The minimum Gasteiger partial charge on any atom is -0.497 e. The Kier molecular flexibility index (Phi) is 5.48. The van der Waals surface area contributed by atoms with Gasteiger partial charge < -0.3 is 19.5 Å². The van der Waals surface area contributed by atoms with Gasteiger partial charge >= 0.3 is 0 Å². The van der Waals surface area contributed by atoms with Crippen molar-refractivity contribution >= 4 is 0 Å². The molecule has 4 nitrogen and oxygen atoms in total. The van der Waals surface area contributed by atoms with Crippen LogP contribution in [0.1, 0.15) is 18.4 Å². The number of nitrogens with one attached hydrogen (secondary N) is 1. The highest BCUT2D eigenvalue weighted by molar-refractivity contribution is 5.38. The van der Waals surface area contributed by atoms with Crippen molar-refractivity contribution in [2.45, 2.75) is 19.4 Å². The number of ether oxygens (including phenoxy) is 3. The first-order chi connectivity index (χ1) is 9.31. The van der Waals surface area contributed by atoms with Gasteiger partial charge in [-0.2, -0.15) is 0 Å². The van der Waals surface area contributed by atoms with Gasteiger partial charge in [-0.25, -0.2) is 0 Å². The number of hydrogen-bond acceptors (Lipinski definition) is 4. The van der Waals surface area contributed by atoms with Crippen LogP contribution in [-0.2, 0) is 11.3 Å². The van der Waals surface area contributed by atoms with Gasteiger partial charge in [-0.15, -0.1) is 0 Å². The summed E-state index contributed by atoms with van der Waals surface area (Å²) in [5.41, 5.74) is 1.08. The van der Waals surface area contributed by atoms with Gasteiger partial charge in [0.05, 0.1) is 27.4 Å². The van der Waals surface area contributed by atoms with Gasteiger partial charge in [0.2, 0.25) is 0 Å². The van der Waals surface area contributed by atoms with Gasteiger partial charge in [-0.1, -0.05) is 0 Å². The standard InChI is InChI=1S/C15H23NO3/c1-17-14-6-13(7-15(8-14)18-2)11-19-10-12-4-3-5-16-9-12/h6-8,12,16H,3-5,9-11H2,1-2H3/t12-/m0/s1.